The van der Waals surface area contributed by atoms with Crippen LogP contribution in [0, 0.1) is 0 Å². The van der Waals surface area contributed by atoms with Crippen LogP contribution in [0.3, 0.4) is 0 Å². The summed E-state index contributed by atoms with van der Waals surface area (Å²) in [6.07, 6.45) is 2.42. The van der Waals surface area contributed by atoms with Crippen molar-refractivity contribution in [1.82, 2.24) is 19.9 Å². The number of amides is 1. The first-order valence-corrected chi connectivity index (χ1v) is 12.1. The van der Waals surface area contributed by atoms with Gasteiger partial charge in [0, 0.05) is 30.2 Å². The second-order valence-electron chi connectivity index (χ2n) is 8.68. The van der Waals surface area contributed by atoms with Gasteiger partial charge in [-0.15, -0.1) is 0 Å². The minimum atomic E-state index is -0.704. The largest absolute Gasteiger partial charge is 0.419 e. The van der Waals surface area contributed by atoms with Crippen LogP contribution in [-0.4, -0.2) is 32.6 Å². The predicted molar refractivity (Wildman–Crippen MR) is 149 cm³/mol. The topological polar surface area (TPSA) is 102 Å². The summed E-state index contributed by atoms with van der Waals surface area (Å²) in [7, 11) is 0. The highest BCUT2D eigenvalue weighted by Gasteiger charge is 2.16. The average Bonchev–Trinajstić information content (AvgIpc) is 2.94. The van der Waals surface area contributed by atoms with E-state index in [1.165, 1.54) is 11.1 Å². The third kappa shape index (κ3) is 5.82. The molecule has 5 rings (SSSR count). The Hall–Kier alpha value is -5.11. The molecule has 0 atom stereocenters. The van der Waals surface area contributed by atoms with Gasteiger partial charge in [-0.1, -0.05) is 79.4 Å². The molecule has 0 bridgehead atoms. The number of allylic oxidation sites excluding steroid dienone is 1. The van der Waals surface area contributed by atoms with Crippen molar-refractivity contribution in [2.24, 2.45) is 0 Å². The first-order chi connectivity index (χ1) is 18.6. The fourth-order valence-corrected chi connectivity index (χ4v) is 4.12. The van der Waals surface area contributed by atoms with E-state index in [4.69, 9.17) is 14.7 Å². The first kappa shape index (κ1) is 24.6. The van der Waals surface area contributed by atoms with Crippen molar-refractivity contribution in [2.75, 3.05) is 17.2 Å². The van der Waals surface area contributed by atoms with Crippen molar-refractivity contribution in [1.29, 1.82) is 0 Å². The predicted octanol–water partition coefficient (Wildman–Crippen LogP) is 6.41. The van der Waals surface area contributed by atoms with Crippen LogP contribution in [0.2, 0.25) is 0 Å². The lowest BCUT2D eigenvalue weighted by atomic mass is 9.91. The second kappa shape index (κ2) is 11.3. The van der Waals surface area contributed by atoms with E-state index < -0.39 is 6.09 Å². The number of nitrogens with zero attached hydrogens (tertiary/aromatic N) is 4. The standard InChI is InChI=1S/C30H26N6O2/c1-20(2)38-30(37)36-29-32-17-23(18-33-29)27-34-26-16-10-9-15-24(26)28(35-27)31-19-25(21-11-5-3-6-12-21)22-13-7-4-8-14-22/h3-18,25H,1,19H2,2H3,(H,31,34,35)(H,32,33,36,37). The van der Waals surface area contributed by atoms with Crippen LogP contribution in [0.4, 0.5) is 16.6 Å². The number of anilines is 2. The molecule has 0 aliphatic rings. The van der Waals surface area contributed by atoms with E-state index in [-0.39, 0.29) is 17.6 Å². The number of fused-ring (bicyclic) bond motifs is 1. The molecule has 0 radical (unpaired) electrons. The zero-order valence-electron chi connectivity index (χ0n) is 20.8. The molecule has 5 aromatic rings. The summed E-state index contributed by atoms with van der Waals surface area (Å²) in [5, 5.41) is 6.95. The number of nitrogens with one attached hydrogen (secondary N) is 2. The summed E-state index contributed by atoms with van der Waals surface area (Å²) in [4.78, 5) is 29.8. The van der Waals surface area contributed by atoms with Gasteiger partial charge in [0.1, 0.15) is 5.82 Å². The first-order valence-electron chi connectivity index (χ1n) is 12.1. The number of carbonyl (C=O) groups excluding carboxylic acids is 1. The number of benzene rings is 3. The van der Waals surface area contributed by atoms with Crippen LogP contribution in [-0.2, 0) is 4.74 Å². The van der Waals surface area contributed by atoms with Crippen molar-refractivity contribution in [2.45, 2.75) is 12.8 Å². The van der Waals surface area contributed by atoms with E-state index in [2.05, 4.69) is 75.7 Å². The number of carbonyl (C=O) groups is 1. The Balaban J connectivity index is 1.44. The fourth-order valence-electron chi connectivity index (χ4n) is 4.12. The van der Waals surface area contributed by atoms with Crippen LogP contribution in [0.25, 0.3) is 22.3 Å². The molecule has 0 aliphatic heterocycles. The Bertz CT molecular complexity index is 1520. The van der Waals surface area contributed by atoms with Crippen molar-refractivity contribution in [3.8, 4) is 11.4 Å². The Kier molecular flexibility index (Phi) is 7.31. The number of para-hydroxylation sites is 1. The summed E-state index contributed by atoms with van der Waals surface area (Å²) in [6, 6.07) is 28.7. The van der Waals surface area contributed by atoms with Crippen LogP contribution >= 0.6 is 0 Å². The number of hydrogen-bond donors (Lipinski definition) is 2. The minimum absolute atomic E-state index is 0.104. The number of aromatic nitrogens is 4. The van der Waals surface area contributed by atoms with Gasteiger partial charge in [-0.3, -0.25) is 5.32 Å². The number of rotatable bonds is 8. The van der Waals surface area contributed by atoms with Gasteiger partial charge in [0.05, 0.1) is 16.8 Å². The van der Waals surface area contributed by atoms with Gasteiger partial charge in [-0.25, -0.2) is 24.7 Å². The van der Waals surface area contributed by atoms with E-state index in [1.807, 2.05) is 36.4 Å². The number of ether oxygens (including phenoxy) is 1. The maximum atomic E-state index is 11.8. The summed E-state index contributed by atoms with van der Waals surface area (Å²) < 4.78 is 4.89. The molecule has 1 amide bonds. The summed E-state index contributed by atoms with van der Waals surface area (Å²) in [5.74, 6) is 1.69. The van der Waals surface area contributed by atoms with Gasteiger partial charge in [0.25, 0.3) is 0 Å². The summed E-state index contributed by atoms with van der Waals surface area (Å²) in [6.45, 7) is 5.75. The Morgan fingerprint density at radius 1 is 0.868 bits per heavy atom. The van der Waals surface area contributed by atoms with Crippen LogP contribution in [0.15, 0.2) is 110 Å². The zero-order valence-corrected chi connectivity index (χ0v) is 20.8. The van der Waals surface area contributed by atoms with E-state index in [9.17, 15) is 4.79 Å². The minimum Gasteiger partial charge on any atom is -0.416 e. The lowest BCUT2D eigenvalue weighted by molar-refractivity contribution is 0.192. The Morgan fingerprint density at radius 3 is 2.11 bits per heavy atom. The molecule has 0 saturated heterocycles. The van der Waals surface area contributed by atoms with Crippen LogP contribution in [0.1, 0.15) is 24.0 Å². The fraction of sp³-hybridized carbons (Fsp3) is 0.100. The summed E-state index contributed by atoms with van der Waals surface area (Å²) >= 11 is 0. The molecule has 0 aliphatic carbocycles. The lowest BCUT2D eigenvalue weighted by Gasteiger charge is -2.20. The highest BCUT2D eigenvalue weighted by Crippen LogP contribution is 2.28. The Labute approximate surface area is 220 Å². The molecule has 0 unspecified atom stereocenters. The molecule has 2 N–H and O–H groups in total. The highest BCUT2D eigenvalue weighted by molar-refractivity contribution is 5.90. The highest BCUT2D eigenvalue weighted by atomic mass is 16.6. The monoisotopic (exact) mass is 502 g/mol. The van der Waals surface area contributed by atoms with E-state index >= 15 is 0 Å². The van der Waals surface area contributed by atoms with Crippen molar-refractivity contribution >= 4 is 28.8 Å². The van der Waals surface area contributed by atoms with E-state index in [1.54, 1.807) is 19.3 Å². The van der Waals surface area contributed by atoms with Gasteiger partial charge < -0.3 is 10.1 Å². The maximum absolute atomic E-state index is 11.8. The Morgan fingerprint density at radius 2 is 1.47 bits per heavy atom. The van der Waals surface area contributed by atoms with Gasteiger partial charge in [0.2, 0.25) is 5.95 Å². The molecule has 0 spiro atoms. The smallest absolute Gasteiger partial charge is 0.416 e. The molecule has 38 heavy (non-hydrogen) atoms. The van der Waals surface area contributed by atoms with Gasteiger partial charge in [-0.05, 0) is 30.2 Å². The molecule has 2 aromatic heterocycles. The number of hydrogen-bond acceptors (Lipinski definition) is 7. The van der Waals surface area contributed by atoms with Gasteiger partial charge in [0.15, 0.2) is 5.82 Å². The molecule has 8 nitrogen and oxygen atoms in total. The van der Waals surface area contributed by atoms with Crippen LogP contribution < -0.4 is 10.6 Å². The van der Waals surface area contributed by atoms with Crippen molar-refractivity contribution in [3.63, 3.8) is 0 Å². The van der Waals surface area contributed by atoms with E-state index in [0.29, 0.717) is 17.9 Å². The van der Waals surface area contributed by atoms with Crippen LogP contribution in [0.5, 0.6) is 0 Å². The second-order valence-corrected chi connectivity index (χ2v) is 8.68. The van der Waals surface area contributed by atoms with E-state index in [0.717, 1.165) is 16.7 Å². The molecular formula is C30H26N6O2. The molecule has 2 heterocycles. The molecule has 0 fully saturated rings. The third-order valence-corrected chi connectivity index (χ3v) is 5.87. The van der Waals surface area contributed by atoms with Crippen molar-refractivity contribution in [3.05, 3.63) is 121 Å². The zero-order chi connectivity index (χ0) is 26.3. The molecule has 188 valence electrons. The quantitative estimate of drug-likeness (QED) is 0.236. The SMILES string of the molecule is C=C(C)OC(=O)Nc1ncc(-c2nc(NCC(c3ccccc3)c3ccccc3)c3ccccc3n2)cn1. The molecular weight excluding hydrogens is 476 g/mol. The maximum Gasteiger partial charge on any atom is 0.419 e. The molecule has 8 heteroatoms. The lowest BCUT2D eigenvalue weighted by Crippen LogP contribution is -2.15. The molecule has 0 saturated carbocycles. The normalized spacial score (nSPS) is 10.8. The summed E-state index contributed by atoms with van der Waals surface area (Å²) in [5.41, 5.74) is 3.83. The third-order valence-electron chi connectivity index (χ3n) is 5.87. The van der Waals surface area contributed by atoms with Gasteiger partial charge >= 0.3 is 6.09 Å². The average molecular weight is 503 g/mol. The van der Waals surface area contributed by atoms with Gasteiger partial charge in [-0.2, -0.15) is 0 Å². The van der Waals surface area contributed by atoms with Crippen molar-refractivity contribution < 1.29 is 9.53 Å². The molecule has 3 aromatic carbocycles.